The Morgan fingerprint density at radius 3 is 2.86 bits per heavy atom. The molecule has 2 rings (SSSR count). The fourth-order valence-corrected chi connectivity index (χ4v) is 2.56. The molecule has 118 valence electrons. The first-order valence-corrected chi connectivity index (χ1v) is 8.01. The van der Waals surface area contributed by atoms with Gasteiger partial charge in [-0.3, -0.25) is 9.48 Å². The topological polar surface area (TPSA) is 50.2 Å². The van der Waals surface area contributed by atoms with Crippen LogP contribution in [-0.4, -0.2) is 34.2 Å². The first kappa shape index (κ1) is 16.7. The van der Waals surface area contributed by atoms with E-state index in [4.69, 9.17) is 0 Å². The smallest absolute Gasteiger partial charge is 0.223 e. The maximum atomic E-state index is 12.1. The van der Waals surface area contributed by atoms with Gasteiger partial charge in [-0.2, -0.15) is 5.10 Å². The lowest BCUT2D eigenvalue weighted by Gasteiger charge is -2.18. The van der Waals surface area contributed by atoms with E-state index in [1.54, 1.807) is 9.58 Å². The van der Waals surface area contributed by atoms with Crippen LogP contribution in [0, 0.1) is 0 Å². The van der Waals surface area contributed by atoms with Crippen LogP contribution in [0.15, 0.2) is 41.1 Å². The molecule has 1 N–H and O–H groups in total. The van der Waals surface area contributed by atoms with Gasteiger partial charge in [0.15, 0.2) is 0 Å². The zero-order valence-electron chi connectivity index (χ0n) is 12.9. The van der Waals surface area contributed by atoms with Crippen molar-refractivity contribution in [1.29, 1.82) is 0 Å². The molecule has 2 aromatic rings. The van der Waals surface area contributed by atoms with Crippen molar-refractivity contribution in [2.24, 2.45) is 7.05 Å². The number of amides is 1. The highest BCUT2D eigenvalue weighted by Crippen LogP contribution is 2.17. The number of nitrogens with zero attached hydrogens (tertiary/aromatic N) is 3. The van der Waals surface area contributed by atoms with Crippen LogP contribution >= 0.6 is 15.9 Å². The number of rotatable bonds is 7. The van der Waals surface area contributed by atoms with Gasteiger partial charge in [-0.1, -0.05) is 34.1 Å². The van der Waals surface area contributed by atoms with Gasteiger partial charge in [0.25, 0.3) is 0 Å². The molecule has 5 nitrogen and oxygen atoms in total. The summed E-state index contributed by atoms with van der Waals surface area (Å²) in [6.45, 7) is 2.01. The first-order chi connectivity index (χ1) is 10.6. The number of halogens is 1. The summed E-state index contributed by atoms with van der Waals surface area (Å²) in [6, 6.07) is 7.96. The summed E-state index contributed by atoms with van der Waals surface area (Å²) in [5.41, 5.74) is 2.23. The fraction of sp³-hybridized carbons (Fsp3) is 0.375. The summed E-state index contributed by atoms with van der Waals surface area (Å²) >= 11 is 3.51. The van der Waals surface area contributed by atoms with Gasteiger partial charge in [-0.15, -0.1) is 0 Å². The summed E-state index contributed by atoms with van der Waals surface area (Å²) in [4.78, 5) is 13.9. The van der Waals surface area contributed by atoms with Crippen LogP contribution < -0.4 is 5.32 Å². The van der Waals surface area contributed by atoms with Crippen molar-refractivity contribution in [3.63, 3.8) is 0 Å². The van der Waals surface area contributed by atoms with Crippen LogP contribution in [0.4, 0.5) is 0 Å². The molecule has 1 heterocycles. The van der Waals surface area contributed by atoms with Crippen LogP contribution in [0.1, 0.15) is 17.5 Å². The molecule has 0 atom stereocenters. The van der Waals surface area contributed by atoms with Gasteiger partial charge in [0.1, 0.15) is 0 Å². The highest BCUT2D eigenvalue weighted by Gasteiger charge is 2.10. The number of aromatic nitrogens is 2. The van der Waals surface area contributed by atoms with E-state index in [9.17, 15) is 4.79 Å². The van der Waals surface area contributed by atoms with Crippen molar-refractivity contribution >= 4 is 21.8 Å². The molecule has 1 aromatic carbocycles. The Balaban J connectivity index is 1.71. The Kier molecular flexibility index (Phi) is 6.15. The van der Waals surface area contributed by atoms with Gasteiger partial charge in [0.05, 0.1) is 6.20 Å². The van der Waals surface area contributed by atoms with Crippen LogP contribution in [-0.2, 0) is 24.9 Å². The van der Waals surface area contributed by atoms with Gasteiger partial charge in [-0.25, -0.2) is 0 Å². The number of nitrogens with one attached hydrogen (secondary N) is 1. The zero-order valence-corrected chi connectivity index (χ0v) is 14.5. The second kappa shape index (κ2) is 8.10. The van der Waals surface area contributed by atoms with Crippen molar-refractivity contribution in [3.8, 4) is 0 Å². The summed E-state index contributed by atoms with van der Waals surface area (Å²) in [5, 5.41) is 7.38. The van der Waals surface area contributed by atoms with Gasteiger partial charge in [0.2, 0.25) is 5.91 Å². The second-order valence-corrected chi connectivity index (χ2v) is 6.14. The summed E-state index contributed by atoms with van der Waals surface area (Å²) in [5.74, 6) is 0.134. The van der Waals surface area contributed by atoms with E-state index in [-0.39, 0.29) is 5.91 Å². The van der Waals surface area contributed by atoms with Crippen LogP contribution in [0.25, 0.3) is 0 Å². The van der Waals surface area contributed by atoms with Crippen molar-refractivity contribution in [1.82, 2.24) is 20.0 Å². The summed E-state index contributed by atoms with van der Waals surface area (Å²) in [6.07, 6.45) is 4.28. The quantitative estimate of drug-likeness (QED) is 0.767. The van der Waals surface area contributed by atoms with Crippen molar-refractivity contribution in [3.05, 3.63) is 52.3 Å². The molecular formula is C16H21BrN4O. The summed E-state index contributed by atoms with van der Waals surface area (Å²) < 4.78 is 2.80. The Hall–Kier alpha value is -1.66. The standard InChI is InChI=1S/C16H21BrN4O/c1-20(12-14-5-3-4-6-15(14)17)16(22)7-8-18-9-13-10-19-21(2)11-13/h3-6,10-11,18H,7-9,12H2,1-2H3. The number of carbonyl (C=O) groups excluding carboxylic acids is 1. The minimum atomic E-state index is 0.134. The fourth-order valence-electron chi connectivity index (χ4n) is 2.15. The van der Waals surface area contributed by atoms with Crippen LogP contribution in [0.3, 0.4) is 0 Å². The molecule has 0 bridgehead atoms. The Morgan fingerprint density at radius 2 is 2.18 bits per heavy atom. The predicted molar refractivity (Wildman–Crippen MR) is 90.1 cm³/mol. The minimum Gasteiger partial charge on any atom is -0.341 e. The molecule has 0 aliphatic carbocycles. The third-order valence-electron chi connectivity index (χ3n) is 3.39. The van der Waals surface area contributed by atoms with Crippen molar-refractivity contribution in [2.45, 2.75) is 19.5 Å². The molecule has 1 aromatic heterocycles. The Bertz CT molecular complexity index is 626. The van der Waals surface area contributed by atoms with E-state index in [0.29, 0.717) is 19.5 Å². The minimum absolute atomic E-state index is 0.134. The average molecular weight is 365 g/mol. The molecule has 0 aliphatic heterocycles. The van der Waals surface area contributed by atoms with Gasteiger partial charge in [-0.05, 0) is 11.6 Å². The normalized spacial score (nSPS) is 10.7. The highest BCUT2D eigenvalue weighted by molar-refractivity contribution is 9.10. The van der Waals surface area contributed by atoms with Gasteiger partial charge < -0.3 is 10.2 Å². The van der Waals surface area contributed by atoms with E-state index in [1.807, 2.05) is 50.8 Å². The van der Waals surface area contributed by atoms with E-state index in [0.717, 1.165) is 22.1 Å². The molecule has 0 unspecified atom stereocenters. The molecule has 0 saturated heterocycles. The lowest BCUT2D eigenvalue weighted by atomic mass is 10.2. The number of benzene rings is 1. The molecule has 1 amide bonds. The van der Waals surface area contributed by atoms with E-state index in [1.165, 1.54) is 0 Å². The number of aryl methyl sites for hydroxylation is 1. The maximum absolute atomic E-state index is 12.1. The Morgan fingerprint density at radius 1 is 1.41 bits per heavy atom. The number of carbonyl (C=O) groups is 1. The molecule has 0 saturated carbocycles. The third kappa shape index (κ3) is 4.96. The van der Waals surface area contributed by atoms with Crippen LogP contribution in [0.2, 0.25) is 0 Å². The second-order valence-electron chi connectivity index (χ2n) is 5.29. The molecule has 0 aliphatic rings. The first-order valence-electron chi connectivity index (χ1n) is 7.22. The van der Waals surface area contributed by atoms with E-state index in [2.05, 4.69) is 26.3 Å². The SMILES string of the molecule is CN(Cc1ccccc1Br)C(=O)CCNCc1cnn(C)c1. The summed E-state index contributed by atoms with van der Waals surface area (Å²) in [7, 11) is 3.73. The van der Waals surface area contributed by atoms with Gasteiger partial charge in [0, 0.05) is 56.4 Å². The lowest BCUT2D eigenvalue weighted by molar-refractivity contribution is -0.130. The van der Waals surface area contributed by atoms with Crippen molar-refractivity contribution in [2.75, 3.05) is 13.6 Å². The third-order valence-corrected chi connectivity index (χ3v) is 4.17. The molecule has 0 radical (unpaired) electrons. The molecule has 6 heteroatoms. The monoisotopic (exact) mass is 364 g/mol. The lowest BCUT2D eigenvalue weighted by Crippen LogP contribution is -2.29. The number of hydrogen-bond acceptors (Lipinski definition) is 3. The molecular weight excluding hydrogens is 344 g/mol. The maximum Gasteiger partial charge on any atom is 0.223 e. The highest BCUT2D eigenvalue weighted by atomic mass is 79.9. The molecule has 22 heavy (non-hydrogen) atoms. The largest absolute Gasteiger partial charge is 0.341 e. The van der Waals surface area contributed by atoms with Crippen LogP contribution in [0.5, 0.6) is 0 Å². The van der Waals surface area contributed by atoms with E-state index >= 15 is 0 Å². The predicted octanol–water partition coefficient (Wildman–Crippen LogP) is 2.32. The van der Waals surface area contributed by atoms with Gasteiger partial charge >= 0.3 is 0 Å². The molecule has 0 spiro atoms. The van der Waals surface area contributed by atoms with Crippen molar-refractivity contribution < 1.29 is 4.79 Å². The zero-order chi connectivity index (χ0) is 15.9. The number of hydrogen-bond donors (Lipinski definition) is 1. The average Bonchev–Trinajstić information content (AvgIpc) is 2.91. The van der Waals surface area contributed by atoms with E-state index < -0.39 is 0 Å². The molecule has 0 fully saturated rings. The Labute approximate surface area is 139 Å².